The maximum absolute atomic E-state index is 12.1. The van der Waals surface area contributed by atoms with Gasteiger partial charge in [0.2, 0.25) is 11.9 Å². The van der Waals surface area contributed by atoms with E-state index in [0.717, 1.165) is 28.0 Å². The number of nitrogens with two attached hydrogens (primary N) is 1. The van der Waals surface area contributed by atoms with E-state index in [4.69, 9.17) is 10.5 Å². The van der Waals surface area contributed by atoms with E-state index < -0.39 is 6.09 Å². The van der Waals surface area contributed by atoms with Crippen LogP contribution in [0.2, 0.25) is 0 Å². The number of fused-ring (bicyclic) bond motifs is 2. The average Bonchev–Trinajstić information content (AvgIpc) is 3.86. The molecule has 8 nitrogen and oxygen atoms in total. The molecule has 2 saturated carbocycles. The molecule has 2 aliphatic rings. The van der Waals surface area contributed by atoms with Gasteiger partial charge in [0.05, 0.1) is 22.1 Å². The molecule has 39 heavy (non-hydrogen) atoms. The van der Waals surface area contributed by atoms with Gasteiger partial charge < -0.3 is 19.6 Å². The van der Waals surface area contributed by atoms with Crippen LogP contribution < -0.4 is 11.1 Å². The van der Waals surface area contributed by atoms with Crippen molar-refractivity contribution in [3.63, 3.8) is 0 Å². The summed E-state index contributed by atoms with van der Waals surface area (Å²) in [5.41, 5.74) is 13.7. The standard InChI is InChI=1S/C19H19N3O2.C11H13N3.U/c1-22-17-15(14-10-11-14)8-5-9-16(17)20-18(22)21-19(23)24-12-13-6-3-2-4-7-13;1-14-10-8(7-5-6-7)3-2-4-9(10)13-11(14)12;/h2-9,14H,10-12H2,1H3,(H,20,21,23);2-4,7H,5-6H2,1H3,(H2,12,13);. The second-order valence-electron chi connectivity index (χ2n) is 10.2. The summed E-state index contributed by atoms with van der Waals surface area (Å²) >= 11 is 0. The fourth-order valence-corrected chi connectivity index (χ4v) is 5.03. The summed E-state index contributed by atoms with van der Waals surface area (Å²) < 4.78 is 9.20. The molecule has 7 rings (SSSR count). The van der Waals surface area contributed by atoms with E-state index in [1.807, 2.05) is 71.8 Å². The Labute approximate surface area is 251 Å². The molecule has 0 aliphatic heterocycles. The molecule has 2 aliphatic carbocycles. The van der Waals surface area contributed by atoms with Crippen LogP contribution in [0.15, 0.2) is 66.7 Å². The summed E-state index contributed by atoms with van der Waals surface area (Å²) in [5, 5.41) is 2.75. The number of hydrogen-bond donors (Lipinski definition) is 2. The second-order valence-corrected chi connectivity index (χ2v) is 10.2. The monoisotopic (exact) mass is 746 g/mol. The van der Waals surface area contributed by atoms with Crippen molar-refractivity contribution in [1.82, 2.24) is 19.1 Å². The van der Waals surface area contributed by atoms with E-state index >= 15 is 0 Å². The molecule has 5 aromatic rings. The Balaban J connectivity index is 0.000000175. The maximum atomic E-state index is 12.1. The Bertz CT molecular complexity index is 1620. The van der Waals surface area contributed by atoms with Crippen LogP contribution in [0.3, 0.4) is 0 Å². The predicted octanol–water partition coefficient (Wildman–Crippen LogP) is 6.23. The first-order chi connectivity index (χ1) is 18.5. The summed E-state index contributed by atoms with van der Waals surface area (Å²) in [6, 6.07) is 22.1. The van der Waals surface area contributed by atoms with Gasteiger partial charge in [-0.15, -0.1) is 0 Å². The van der Waals surface area contributed by atoms with Gasteiger partial charge in [-0.1, -0.05) is 54.6 Å². The van der Waals surface area contributed by atoms with Gasteiger partial charge in [0.25, 0.3) is 0 Å². The molecule has 9 heteroatoms. The van der Waals surface area contributed by atoms with Crippen LogP contribution in [-0.4, -0.2) is 25.2 Å². The fourth-order valence-electron chi connectivity index (χ4n) is 5.03. The topological polar surface area (TPSA) is 100.0 Å². The molecule has 0 atom stereocenters. The number of carbonyl (C=O) groups is 1. The zero-order chi connectivity index (χ0) is 26.2. The van der Waals surface area contributed by atoms with Crippen LogP contribution in [0.4, 0.5) is 16.7 Å². The number of nitrogen functional groups attached to an aromatic ring is 1. The molecule has 2 fully saturated rings. The Morgan fingerprint density at radius 1 is 0.846 bits per heavy atom. The van der Waals surface area contributed by atoms with Gasteiger partial charge in [0.1, 0.15) is 6.61 Å². The number of carbonyl (C=O) groups excluding carboxylic acids is 1. The summed E-state index contributed by atoms with van der Waals surface area (Å²) in [6.45, 7) is 0.240. The minimum Gasteiger partial charge on any atom is -0.444 e. The Hall–Kier alpha value is -3.28. The molecule has 3 N–H and O–H groups in total. The van der Waals surface area contributed by atoms with Crippen molar-refractivity contribution in [3.8, 4) is 0 Å². The van der Waals surface area contributed by atoms with E-state index in [9.17, 15) is 4.79 Å². The van der Waals surface area contributed by atoms with Crippen LogP contribution in [0, 0.1) is 31.1 Å². The smallest absolute Gasteiger partial charge is 0.414 e. The van der Waals surface area contributed by atoms with Crippen molar-refractivity contribution < 1.29 is 40.6 Å². The third-order valence-corrected chi connectivity index (χ3v) is 7.35. The summed E-state index contributed by atoms with van der Waals surface area (Å²) in [6.07, 6.45) is 4.58. The minimum atomic E-state index is -0.495. The molecular weight excluding hydrogens is 714 g/mol. The molecule has 0 unspecified atom stereocenters. The van der Waals surface area contributed by atoms with Crippen molar-refractivity contribution in [3.05, 3.63) is 83.4 Å². The molecule has 0 saturated heterocycles. The molecule has 0 spiro atoms. The first kappa shape index (κ1) is 27.3. The first-order valence-electron chi connectivity index (χ1n) is 13.1. The number of anilines is 2. The summed E-state index contributed by atoms with van der Waals surface area (Å²) in [7, 11) is 3.91. The normalized spacial score (nSPS) is 14.4. The van der Waals surface area contributed by atoms with Gasteiger partial charge in [-0.2, -0.15) is 0 Å². The maximum Gasteiger partial charge on any atom is 0.414 e. The Kier molecular flexibility index (Phi) is 8.01. The number of aryl methyl sites for hydroxylation is 2. The zero-order valence-electron chi connectivity index (χ0n) is 22.2. The summed E-state index contributed by atoms with van der Waals surface area (Å²) in [4.78, 5) is 20.9. The van der Waals surface area contributed by atoms with Crippen LogP contribution in [0.25, 0.3) is 22.1 Å². The molecule has 0 radical (unpaired) electrons. The minimum absolute atomic E-state index is 0. The zero-order valence-corrected chi connectivity index (χ0v) is 26.4. The van der Waals surface area contributed by atoms with Crippen LogP contribution in [0.1, 0.15) is 54.2 Å². The van der Waals surface area contributed by atoms with Gasteiger partial charge in [-0.3, -0.25) is 5.32 Å². The first-order valence-corrected chi connectivity index (χ1v) is 13.1. The third kappa shape index (κ3) is 5.85. The van der Waals surface area contributed by atoms with Gasteiger partial charge in [-0.25, -0.2) is 14.8 Å². The number of nitrogens with zero attached hydrogens (tertiary/aromatic N) is 4. The molecule has 3 aromatic carbocycles. The number of nitrogens with one attached hydrogen (secondary N) is 1. The van der Waals surface area contributed by atoms with Crippen molar-refractivity contribution in [1.29, 1.82) is 0 Å². The van der Waals surface area contributed by atoms with E-state index in [-0.39, 0.29) is 37.7 Å². The van der Waals surface area contributed by atoms with E-state index in [2.05, 4.69) is 33.5 Å². The van der Waals surface area contributed by atoms with E-state index in [0.29, 0.717) is 17.8 Å². The number of para-hydroxylation sites is 2. The van der Waals surface area contributed by atoms with Crippen LogP contribution >= 0.6 is 0 Å². The van der Waals surface area contributed by atoms with Crippen LogP contribution in [0.5, 0.6) is 0 Å². The average molecular weight is 747 g/mol. The molecule has 198 valence electrons. The SMILES string of the molecule is Cn1c(N)nc2cccc(C3CC3)c21.Cn1c(NC(=O)OCc2ccccc2)nc2cccc(C3CC3)c21.[U]. The number of benzene rings is 3. The number of ether oxygens (including phenoxy) is 1. The molecule has 2 heterocycles. The Morgan fingerprint density at radius 3 is 2.00 bits per heavy atom. The predicted molar refractivity (Wildman–Crippen MR) is 150 cm³/mol. The molecular formula is C30H32N6O2U. The Morgan fingerprint density at radius 2 is 1.41 bits per heavy atom. The van der Waals surface area contributed by atoms with Crippen molar-refractivity contribution >= 4 is 40.1 Å². The number of aromatic nitrogens is 4. The van der Waals surface area contributed by atoms with Gasteiger partial charge in [0.15, 0.2) is 0 Å². The van der Waals surface area contributed by atoms with Crippen LogP contribution in [-0.2, 0) is 25.4 Å². The molecule has 1 amide bonds. The molecule has 2 aromatic heterocycles. The van der Waals surface area contributed by atoms with Crippen molar-refractivity contribution in [2.75, 3.05) is 11.1 Å². The van der Waals surface area contributed by atoms with E-state index in [1.54, 1.807) is 0 Å². The number of imidazole rings is 2. The molecule has 0 bridgehead atoms. The van der Waals surface area contributed by atoms with Crippen molar-refractivity contribution in [2.24, 2.45) is 14.1 Å². The van der Waals surface area contributed by atoms with Crippen molar-refractivity contribution in [2.45, 2.75) is 44.1 Å². The number of rotatable bonds is 5. The largest absolute Gasteiger partial charge is 0.444 e. The van der Waals surface area contributed by atoms with Gasteiger partial charge >= 0.3 is 6.09 Å². The number of hydrogen-bond acceptors (Lipinski definition) is 5. The van der Waals surface area contributed by atoms with E-state index in [1.165, 1.54) is 42.3 Å². The summed E-state index contributed by atoms with van der Waals surface area (Å²) in [5.74, 6) is 2.49. The number of amides is 1. The van der Waals surface area contributed by atoms with Gasteiger partial charge in [0, 0.05) is 45.2 Å². The third-order valence-electron chi connectivity index (χ3n) is 7.35. The van der Waals surface area contributed by atoms with Gasteiger partial charge in [-0.05, 0) is 66.3 Å². The second kappa shape index (κ2) is 11.5. The quantitative estimate of drug-likeness (QED) is 0.222. The fraction of sp³-hybridized carbons (Fsp3) is 0.300.